The zero-order valence-corrected chi connectivity index (χ0v) is 10.1. The molecular weight excluding hydrogens is 279 g/mol. The average molecular weight is 287 g/mol. The summed E-state index contributed by atoms with van der Waals surface area (Å²) >= 11 is 0. The molecule has 2 rings (SSSR count). The number of para-hydroxylation sites is 1. The van der Waals surface area contributed by atoms with E-state index in [0.29, 0.717) is 0 Å². The van der Waals surface area contributed by atoms with Crippen LogP contribution in [0.2, 0.25) is 0 Å². The minimum Gasteiger partial charge on any atom is -0.464 e. The number of carbonyl (C=O) groups excluding carboxylic acids is 1. The van der Waals surface area contributed by atoms with Crippen LogP contribution in [0.25, 0.3) is 11.3 Å². The molecule has 0 radical (unpaired) electrons. The third kappa shape index (κ3) is 3.08. The number of esters is 1. The molecule has 0 bridgehead atoms. The summed E-state index contributed by atoms with van der Waals surface area (Å²) in [6, 6.07) is 6.53. The largest absolute Gasteiger partial charge is 0.573 e. The SMILES string of the molecule is COC(=O)c1cc(-c2ccccc2OC(F)(F)F)on1. The lowest BCUT2D eigenvalue weighted by molar-refractivity contribution is -0.274. The van der Waals surface area contributed by atoms with Crippen LogP contribution in [0.4, 0.5) is 13.2 Å². The summed E-state index contributed by atoms with van der Waals surface area (Å²) in [5.74, 6) is -1.24. The Morgan fingerprint density at radius 3 is 2.65 bits per heavy atom. The van der Waals surface area contributed by atoms with Gasteiger partial charge in [-0.3, -0.25) is 0 Å². The van der Waals surface area contributed by atoms with Crippen LogP contribution in [-0.2, 0) is 4.74 Å². The van der Waals surface area contributed by atoms with Crippen LogP contribution >= 0.6 is 0 Å². The Hall–Kier alpha value is -2.51. The van der Waals surface area contributed by atoms with Crippen molar-refractivity contribution < 1.29 is 32.0 Å². The van der Waals surface area contributed by atoms with Crippen LogP contribution in [0.1, 0.15) is 10.5 Å². The van der Waals surface area contributed by atoms with Gasteiger partial charge in [-0.2, -0.15) is 0 Å². The first-order valence-corrected chi connectivity index (χ1v) is 5.31. The van der Waals surface area contributed by atoms with E-state index in [1.165, 1.54) is 24.3 Å². The lowest BCUT2D eigenvalue weighted by Crippen LogP contribution is -2.17. The number of carbonyl (C=O) groups is 1. The second-order valence-electron chi connectivity index (χ2n) is 3.61. The second-order valence-corrected chi connectivity index (χ2v) is 3.61. The van der Waals surface area contributed by atoms with E-state index in [9.17, 15) is 18.0 Å². The van der Waals surface area contributed by atoms with Gasteiger partial charge in [0.05, 0.1) is 12.7 Å². The molecule has 0 saturated carbocycles. The van der Waals surface area contributed by atoms with E-state index in [-0.39, 0.29) is 17.0 Å². The van der Waals surface area contributed by atoms with Crippen molar-refractivity contribution >= 4 is 5.97 Å². The van der Waals surface area contributed by atoms with E-state index in [1.54, 1.807) is 0 Å². The highest BCUT2D eigenvalue weighted by atomic mass is 19.4. The summed E-state index contributed by atoms with van der Waals surface area (Å²) in [6.45, 7) is 0. The standard InChI is InChI=1S/C12H8F3NO4/c1-18-11(17)8-6-10(20-16-8)7-4-2-3-5-9(7)19-12(13,14)15/h2-6H,1H3. The zero-order valence-electron chi connectivity index (χ0n) is 10.1. The molecule has 0 unspecified atom stereocenters. The van der Waals surface area contributed by atoms with Crippen LogP contribution in [0.15, 0.2) is 34.9 Å². The maximum absolute atomic E-state index is 12.3. The summed E-state index contributed by atoms with van der Waals surface area (Å²) in [5, 5.41) is 3.41. The molecule has 0 fully saturated rings. The van der Waals surface area contributed by atoms with Gasteiger partial charge in [0.2, 0.25) is 0 Å². The predicted molar refractivity (Wildman–Crippen MR) is 60.0 cm³/mol. The number of alkyl halides is 3. The lowest BCUT2D eigenvalue weighted by atomic mass is 10.1. The Bertz CT molecular complexity index is 621. The Balaban J connectivity index is 2.38. The summed E-state index contributed by atoms with van der Waals surface area (Å²) in [7, 11) is 1.15. The molecule has 0 spiro atoms. The number of rotatable bonds is 3. The molecule has 0 N–H and O–H groups in total. The molecule has 0 aliphatic heterocycles. The summed E-state index contributed by atoms with van der Waals surface area (Å²) in [5.41, 5.74) is -0.128. The summed E-state index contributed by atoms with van der Waals surface area (Å²) in [4.78, 5) is 11.2. The highest BCUT2D eigenvalue weighted by molar-refractivity contribution is 5.88. The van der Waals surface area contributed by atoms with Gasteiger partial charge >= 0.3 is 12.3 Å². The summed E-state index contributed by atoms with van der Waals surface area (Å²) < 4.78 is 50.0. The first-order valence-electron chi connectivity index (χ1n) is 5.31. The van der Waals surface area contributed by atoms with Crippen LogP contribution < -0.4 is 4.74 Å². The maximum atomic E-state index is 12.3. The van der Waals surface area contributed by atoms with Gasteiger partial charge in [0.15, 0.2) is 11.5 Å². The molecule has 1 aromatic carbocycles. The molecule has 106 valence electrons. The number of halogens is 3. The summed E-state index contributed by atoms with van der Waals surface area (Å²) in [6.07, 6.45) is -4.83. The van der Waals surface area contributed by atoms with Gasteiger partial charge in [0, 0.05) is 6.07 Å². The monoisotopic (exact) mass is 287 g/mol. The van der Waals surface area contributed by atoms with E-state index < -0.39 is 18.1 Å². The number of aromatic nitrogens is 1. The van der Waals surface area contributed by atoms with Crippen molar-refractivity contribution in [3.63, 3.8) is 0 Å². The van der Waals surface area contributed by atoms with Gasteiger partial charge in [-0.1, -0.05) is 17.3 Å². The number of hydrogen-bond acceptors (Lipinski definition) is 5. The molecule has 0 saturated heterocycles. The molecule has 0 atom stereocenters. The topological polar surface area (TPSA) is 61.6 Å². The molecular formula is C12H8F3NO4. The number of ether oxygens (including phenoxy) is 2. The fourth-order valence-electron chi connectivity index (χ4n) is 1.49. The Kier molecular flexibility index (Phi) is 3.64. The fraction of sp³-hybridized carbons (Fsp3) is 0.167. The van der Waals surface area contributed by atoms with E-state index in [4.69, 9.17) is 4.52 Å². The van der Waals surface area contributed by atoms with Crippen molar-refractivity contribution in [1.29, 1.82) is 0 Å². The Labute approximate surface area is 110 Å². The van der Waals surface area contributed by atoms with Gasteiger partial charge in [-0.05, 0) is 12.1 Å². The number of hydrogen-bond donors (Lipinski definition) is 0. The Morgan fingerprint density at radius 2 is 2.00 bits per heavy atom. The molecule has 0 amide bonds. The fourth-order valence-corrected chi connectivity index (χ4v) is 1.49. The quantitative estimate of drug-likeness (QED) is 0.812. The minimum atomic E-state index is -4.83. The zero-order chi connectivity index (χ0) is 14.8. The Morgan fingerprint density at radius 1 is 1.30 bits per heavy atom. The van der Waals surface area contributed by atoms with Crippen molar-refractivity contribution in [2.24, 2.45) is 0 Å². The van der Waals surface area contributed by atoms with Gasteiger partial charge in [-0.15, -0.1) is 13.2 Å². The second kappa shape index (κ2) is 5.24. The first kappa shape index (κ1) is 13.9. The van der Waals surface area contributed by atoms with Crippen LogP contribution in [0.3, 0.4) is 0 Å². The van der Waals surface area contributed by atoms with Crippen molar-refractivity contribution in [2.75, 3.05) is 7.11 Å². The molecule has 0 aliphatic carbocycles. The maximum Gasteiger partial charge on any atom is 0.573 e. The van der Waals surface area contributed by atoms with E-state index in [1.807, 2.05) is 0 Å². The third-order valence-electron chi connectivity index (χ3n) is 2.28. The van der Waals surface area contributed by atoms with Gasteiger partial charge in [-0.25, -0.2) is 4.79 Å². The average Bonchev–Trinajstić information content (AvgIpc) is 2.86. The number of nitrogens with zero attached hydrogens (tertiary/aromatic N) is 1. The van der Waals surface area contributed by atoms with E-state index in [0.717, 1.165) is 13.2 Å². The molecule has 1 aromatic heterocycles. The van der Waals surface area contributed by atoms with Gasteiger partial charge < -0.3 is 14.0 Å². The third-order valence-corrected chi connectivity index (χ3v) is 2.28. The van der Waals surface area contributed by atoms with Crippen molar-refractivity contribution in [2.45, 2.75) is 6.36 Å². The molecule has 20 heavy (non-hydrogen) atoms. The predicted octanol–water partition coefficient (Wildman–Crippen LogP) is 3.03. The van der Waals surface area contributed by atoms with Crippen LogP contribution in [0, 0.1) is 0 Å². The van der Waals surface area contributed by atoms with Crippen molar-refractivity contribution in [1.82, 2.24) is 5.16 Å². The number of methoxy groups -OCH3 is 1. The smallest absolute Gasteiger partial charge is 0.464 e. The van der Waals surface area contributed by atoms with E-state index >= 15 is 0 Å². The molecule has 2 aromatic rings. The van der Waals surface area contributed by atoms with Crippen LogP contribution in [0.5, 0.6) is 5.75 Å². The molecule has 1 heterocycles. The van der Waals surface area contributed by atoms with Gasteiger partial charge in [0.25, 0.3) is 0 Å². The number of benzene rings is 1. The van der Waals surface area contributed by atoms with E-state index in [2.05, 4.69) is 14.6 Å². The first-order chi connectivity index (χ1) is 9.40. The highest BCUT2D eigenvalue weighted by Gasteiger charge is 2.32. The lowest BCUT2D eigenvalue weighted by Gasteiger charge is -2.11. The normalized spacial score (nSPS) is 11.2. The van der Waals surface area contributed by atoms with Crippen LogP contribution in [-0.4, -0.2) is 24.6 Å². The van der Waals surface area contributed by atoms with Crippen molar-refractivity contribution in [3.8, 4) is 17.1 Å². The minimum absolute atomic E-state index is 0.0208. The molecule has 8 heteroatoms. The highest BCUT2D eigenvalue weighted by Crippen LogP contribution is 2.33. The van der Waals surface area contributed by atoms with Gasteiger partial charge in [0.1, 0.15) is 5.75 Å². The molecule has 0 aliphatic rings. The molecule has 5 nitrogen and oxygen atoms in total. The van der Waals surface area contributed by atoms with Crippen molar-refractivity contribution in [3.05, 3.63) is 36.0 Å².